The minimum Gasteiger partial charge on any atom is -0.497 e. The average molecular weight is 406 g/mol. The van der Waals surface area contributed by atoms with E-state index >= 15 is 0 Å². The Balaban J connectivity index is 1.49. The monoisotopic (exact) mass is 405 g/mol. The van der Waals surface area contributed by atoms with Gasteiger partial charge in [0.2, 0.25) is 5.91 Å². The average Bonchev–Trinajstić information content (AvgIpc) is 3.15. The number of amidine groups is 1. The maximum atomic E-state index is 13.1. The minimum absolute atomic E-state index is 0.0917. The third-order valence-corrected chi connectivity index (χ3v) is 7.12. The molecule has 3 aliphatic rings. The Morgan fingerprint density at radius 1 is 1.21 bits per heavy atom. The molecule has 2 fully saturated rings. The highest BCUT2D eigenvalue weighted by Gasteiger charge is 2.51. The van der Waals surface area contributed by atoms with Gasteiger partial charge in [0.25, 0.3) is 0 Å². The molecule has 2 aliphatic heterocycles. The van der Waals surface area contributed by atoms with E-state index in [0.29, 0.717) is 5.17 Å². The second-order valence-corrected chi connectivity index (χ2v) is 8.81. The summed E-state index contributed by atoms with van der Waals surface area (Å²) in [5.41, 5.74) is 0.861. The van der Waals surface area contributed by atoms with Crippen molar-refractivity contribution >= 4 is 28.5 Å². The van der Waals surface area contributed by atoms with Crippen molar-refractivity contribution in [2.24, 2.45) is 10.9 Å². The standard InChI is InChI=1S/C20H27N3O4S/c1-27-13-7-5-12(6-8-13)21-20-22-16-17(25)15(24)11-14(18(16)28-20)19(26)23-9-3-2-4-10-23/h5-8,14-18,24-25H,2-4,9-11H2,1H3,(H,21,22)/t14-,15+,16-,17-,18+/m0/s1. The zero-order valence-corrected chi connectivity index (χ0v) is 16.8. The van der Waals surface area contributed by atoms with Crippen LogP contribution in [-0.4, -0.2) is 69.9 Å². The van der Waals surface area contributed by atoms with Crippen LogP contribution >= 0.6 is 11.8 Å². The number of benzene rings is 1. The van der Waals surface area contributed by atoms with Crippen LogP contribution in [0.25, 0.3) is 0 Å². The van der Waals surface area contributed by atoms with Crippen molar-refractivity contribution in [1.29, 1.82) is 0 Å². The summed E-state index contributed by atoms with van der Waals surface area (Å²) >= 11 is 1.49. The SMILES string of the molecule is COc1ccc(NC2=N[C@H]3[C@@H](O)[C@H](O)C[C@H](C(=O)N4CCCCC4)[C@H]3S2)cc1. The number of aliphatic hydroxyl groups is 2. The number of hydrogen-bond acceptors (Lipinski definition) is 7. The van der Waals surface area contributed by atoms with Crippen LogP contribution in [0.15, 0.2) is 29.3 Å². The lowest BCUT2D eigenvalue weighted by Crippen LogP contribution is -2.55. The second kappa shape index (κ2) is 8.31. The molecule has 1 amide bonds. The van der Waals surface area contributed by atoms with E-state index in [4.69, 9.17) is 4.74 Å². The Hall–Kier alpha value is -1.77. The van der Waals surface area contributed by atoms with Gasteiger partial charge >= 0.3 is 0 Å². The number of amides is 1. The zero-order chi connectivity index (χ0) is 19.7. The number of ether oxygens (including phenoxy) is 1. The molecule has 1 aliphatic carbocycles. The molecule has 1 saturated carbocycles. The van der Waals surface area contributed by atoms with Crippen molar-refractivity contribution in [3.63, 3.8) is 0 Å². The van der Waals surface area contributed by atoms with E-state index in [1.54, 1.807) is 7.11 Å². The first-order valence-electron chi connectivity index (χ1n) is 9.87. The van der Waals surface area contributed by atoms with Crippen LogP contribution in [0.5, 0.6) is 5.75 Å². The fraction of sp³-hybridized carbons (Fsp3) is 0.600. The van der Waals surface area contributed by atoms with Crippen LogP contribution in [0.3, 0.4) is 0 Å². The van der Waals surface area contributed by atoms with E-state index in [2.05, 4.69) is 10.3 Å². The van der Waals surface area contributed by atoms with E-state index in [1.807, 2.05) is 29.2 Å². The van der Waals surface area contributed by atoms with Crippen LogP contribution in [-0.2, 0) is 4.79 Å². The highest BCUT2D eigenvalue weighted by atomic mass is 32.2. The number of thioether (sulfide) groups is 1. The van der Waals surface area contributed by atoms with Gasteiger partial charge in [0, 0.05) is 24.0 Å². The summed E-state index contributed by atoms with van der Waals surface area (Å²) in [5, 5.41) is 24.6. The lowest BCUT2D eigenvalue weighted by molar-refractivity contribution is -0.141. The van der Waals surface area contributed by atoms with Gasteiger partial charge < -0.3 is 25.2 Å². The number of hydrogen-bond donors (Lipinski definition) is 3. The molecule has 8 heteroatoms. The van der Waals surface area contributed by atoms with Gasteiger partial charge in [-0.15, -0.1) is 0 Å². The Bertz CT molecular complexity index is 735. The molecule has 28 heavy (non-hydrogen) atoms. The number of methoxy groups -OCH3 is 1. The van der Waals surface area contributed by atoms with Crippen molar-refractivity contribution in [2.45, 2.75) is 49.2 Å². The van der Waals surface area contributed by atoms with E-state index in [0.717, 1.165) is 43.8 Å². The van der Waals surface area contributed by atoms with Gasteiger partial charge in [-0.25, -0.2) is 0 Å². The molecule has 1 saturated heterocycles. The molecule has 7 nitrogen and oxygen atoms in total. The Morgan fingerprint density at radius 2 is 1.93 bits per heavy atom. The van der Waals surface area contributed by atoms with Crippen molar-refractivity contribution in [3.8, 4) is 5.75 Å². The number of carbonyl (C=O) groups excluding carboxylic acids is 1. The molecule has 1 aromatic rings. The number of fused-ring (bicyclic) bond motifs is 1. The van der Waals surface area contributed by atoms with Crippen molar-refractivity contribution < 1.29 is 19.7 Å². The summed E-state index contributed by atoms with van der Waals surface area (Å²) in [6, 6.07) is 7.03. The summed E-state index contributed by atoms with van der Waals surface area (Å²) in [6.07, 6.45) is 1.64. The molecule has 0 aromatic heterocycles. The van der Waals surface area contributed by atoms with Crippen LogP contribution in [0.2, 0.25) is 0 Å². The van der Waals surface area contributed by atoms with E-state index < -0.39 is 18.2 Å². The van der Waals surface area contributed by atoms with Gasteiger partial charge in [-0.3, -0.25) is 9.79 Å². The van der Waals surface area contributed by atoms with Crippen LogP contribution in [0, 0.1) is 5.92 Å². The Morgan fingerprint density at radius 3 is 2.61 bits per heavy atom. The van der Waals surface area contributed by atoms with Gasteiger partial charge in [-0.1, -0.05) is 11.8 Å². The predicted octanol–water partition coefficient (Wildman–Crippen LogP) is 1.70. The quantitative estimate of drug-likeness (QED) is 0.709. The number of anilines is 1. The topological polar surface area (TPSA) is 94.4 Å². The molecular weight excluding hydrogens is 378 g/mol. The number of nitrogens with zero attached hydrogens (tertiary/aromatic N) is 2. The Labute approximate surface area is 169 Å². The van der Waals surface area contributed by atoms with E-state index in [-0.39, 0.29) is 23.5 Å². The molecule has 1 aromatic carbocycles. The minimum atomic E-state index is -0.946. The maximum Gasteiger partial charge on any atom is 0.226 e. The summed E-state index contributed by atoms with van der Waals surface area (Å²) in [5.74, 6) is 0.533. The van der Waals surface area contributed by atoms with Gasteiger partial charge in [0.05, 0.1) is 25.2 Å². The molecule has 0 bridgehead atoms. The number of likely N-dealkylation sites (tertiary alicyclic amines) is 1. The lowest BCUT2D eigenvalue weighted by Gasteiger charge is -2.40. The molecule has 2 heterocycles. The molecule has 4 rings (SSSR count). The summed E-state index contributed by atoms with van der Waals surface area (Å²) < 4.78 is 5.17. The number of rotatable bonds is 3. The maximum absolute atomic E-state index is 13.1. The number of aliphatic imine (C=N–C) groups is 1. The highest BCUT2D eigenvalue weighted by molar-refractivity contribution is 8.15. The molecule has 152 valence electrons. The third kappa shape index (κ3) is 3.86. The number of carbonyl (C=O) groups is 1. The molecule has 5 atom stereocenters. The molecule has 0 radical (unpaired) electrons. The zero-order valence-electron chi connectivity index (χ0n) is 16.0. The fourth-order valence-corrected chi connectivity index (χ4v) is 5.61. The number of aliphatic hydroxyl groups excluding tert-OH is 2. The predicted molar refractivity (Wildman–Crippen MR) is 110 cm³/mol. The number of piperidine rings is 1. The van der Waals surface area contributed by atoms with Crippen molar-refractivity contribution in [2.75, 3.05) is 25.5 Å². The third-order valence-electron chi connectivity index (χ3n) is 5.81. The molecule has 0 unspecified atom stereocenters. The van der Waals surface area contributed by atoms with E-state index in [1.165, 1.54) is 11.8 Å². The van der Waals surface area contributed by atoms with Crippen LogP contribution in [0.4, 0.5) is 5.69 Å². The lowest BCUT2D eigenvalue weighted by atomic mass is 9.80. The summed E-state index contributed by atoms with van der Waals surface area (Å²) in [4.78, 5) is 19.7. The molecular formula is C20H27N3O4S. The van der Waals surface area contributed by atoms with Crippen LogP contribution in [0.1, 0.15) is 25.7 Å². The summed E-state index contributed by atoms with van der Waals surface area (Å²) in [6.45, 7) is 1.57. The van der Waals surface area contributed by atoms with Gasteiger partial charge in [0.15, 0.2) is 5.17 Å². The summed E-state index contributed by atoms with van der Waals surface area (Å²) in [7, 11) is 1.62. The first-order valence-corrected chi connectivity index (χ1v) is 10.8. The Kier molecular flexibility index (Phi) is 5.80. The normalized spacial score (nSPS) is 32.5. The number of nitrogens with one attached hydrogen (secondary N) is 1. The second-order valence-electron chi connectivity index (χ2n) is 7.65. The van der Waals surface area contributed by atoms with Gasteiger partial charge in [-0.2, -0.15) is 0 Å². The molecule has 3 N–H and O–H groups in total. The highest BCUT2D eigenvalue weighted by Crippen LogP contribution is 2.42. The van der Waals surface area contributed by atoms with Gasteiger partial charge in [0.1, 0.15) is 11.9 Å². The first-order chi connectivity index (χ1) is 13.6. The fourth-order valence-electron chi connectivity index (χ4n) is 4.24. The van der Waals surface area contributed by atoms with E-state index in [9.17, 15) is 15.0 Å². The van der Waals surface area contributed by atoms with Crippen molar-refractivity contribution in [3.05, 3.63) is 24.3 Å². The smallest absolute Gasteiger partial charge is 0.226 e. The largest absolute Gasteiger partial charge is 0.497 e. The first kappa shape index (κ1) is 19.5. The molecule has 0 spiro atoms. The van der Waals surface area contributed by atoms with Gasteiger partial charge in [-0.05, 0) is 49.9 Å². The van der Waals surface area contributed by atoms with Crippen molar-refractivity contribution in [1.82, 2.24) is 4.90 Å². The van der Waals surface area contributed by atoms with Crippen LogP contribution < -0.4 is 10.1 Å².